The van der Waals surface area contributed by atoms with Gasteiger partial charge in [-0.1, -0.05) is 28.5 Å². The number of rotatable bonds is 15. The maximum atomic E-state index is 13.5. The highest BCUT2D eigenvalue weighted by atomic mass is 35.5. The second-order valence-electron chi connectivity index (χ2n) is 12.7. The summed E-state index contributed by atoms with van der Waals surface area (Å²) in [6.45, 7) is -1.15. The van der Waals surface area contributed by atoms with Gasteiger partial charge in [-0.2, -0.15) is 9.36 Å². The summed E-state index contributed by atoms with van der Waals surface area (Å²) in [4.78, 5) is 112. The number of hydrogen-bond donors (Lipinski definition) is 7. The molecule has 4 aliphatic rings. The fourth-order valence-electron chi connectivity index (χ4n) is 6.17. The topological polar surface area (TPSA) is 325 Å². The number of nitrogens with two attached hydrogens (primary N) is 1. The van der Waals surface area contributed by atoms with Gasteiger partial charge in [0.05, 0.1) is 35.0 Å². The van der Waals surface area contributed by atoms with E-state index in [2.05, 4.69) is 25.3 Å². The van der Waals surface area contributed by atoms with E-state index >= 15 is 0 Å². The Hall–Kier alpha value is -5.75. The first-order valence-corrected chi connectivity index (χ1v) is 18.3. The van der Waals surface area contributed by atoms with Crippen LogP contribution in [0.1, 0.15) is 48.3 Å². The number of aliphatic carboxylic acids is 2. The number of aromatic nitrogens is 2. The zero-order valence-electron chi connectivity index (χ0n) is 28.1. The van der Waals surface area contributed by atoms with E-state index in [9.17, 15) is 58.8 Å². The Balaban J connectivity index is 1.06. The third kappa shape index (κ3) is 7.02. The molecule has 25 heteroatoms. The number of amides is 5. The minimum absolute atomic E-state index is 0.0189. The lowest BCUT2D eigenvalue weighted by molar-refractivity contribution is -0.178. The van der Waals surface area contributed by atoms with Crippen molar-refractivity contribution < 1.29 is 63.6 Å². The van der Waals surface area contributed by atoms with E-state index in [-0.39, 0.29) is 43.4 Å². The zero-order chi connectivity index (χ0) is 40.0. The fraction of sp³-hybridized carbons (Fsp3) is 0.433. The minimum Gasteiger partial charge on any atom is -0.504 e. The van der Waals surface area contributed by atoms with Crippen molar-refractivity contribution in [1.29, 1.82) is 0 Å². The van der Waals surface area contributed by atoms with Crippen LogP contribution < -0.4 is 16.5 Å². The van der Waals surface area contributed by atoms with E-state index in [0.29, 0.717) is 6.42 Å². The molecule has 1 saturated carbocycles. The molecule has 4 fully saturated rings. The number of β-lactam (4-membered cyclic amide) rings is 1. The van der Waals surface area contributed by atoms with E-state index in [1.165, 1.54) is 4.90 Å². The number of fused-ring (bicyclic) bond motifs is 1. The van der Waals surface area contributed by atoms with Crippen molar-refractivity contribution in [2.24, 2.45) is 11.1 Å². The molecule has 0 spiro atoms. The molecule has 4 heterocycles. The molecule has 2 aromatic rings. The highest BCUT2D eigenvalue weighted by Crippen LogP contribution is 2.53. The van der Waals surface area contributed by atoms with Crippen LogP contribution in [0.3, 0.4) is 0 Å². The Labute approximate surface area is 321 Å². The van der Waals surface area contributed by atoms with Crippen molar-refractivity contribution in [3.05, 3.63) is 28.5 Å². The molecule has 3 atom stereocenters. The van der Waals surface area contributed by atoms with Gasteiger partial charge in [0.15, 0.2) is 28.1 Å². The van der Waals surface area contributed by atoms with Gasteiger partial charge in [-0.05, 0) is 18.6 Å². The number of Topliss-reactive ketones (excluding diaryl/α,β-unsaturated/α-hetero) is 2. The summed E-state index contributed by atoms with van der Waals surface area (Å²) in [5, 5.41) is 44.6. The normalized spacial score (nSPS) is 22.7. The van der Waals surface area contributed by atoms with Crippen molar-refractivity contribution in [1.82, 2.24) is 34.9 Å². The first kappa shape index (κ1) is 39.0. The number of phenols is 2. The Morgan fingerprint density at radius 3 is 2.44 bits per heavy atom. The molecule has 3 aliphatic heterocycles. The Morgan fingerprint density at radius 1 is 1.09 bits per heavy atom. The Kier molecular flexibility index (Phi) is 10.5. The van der Waals surface area contributed by atoms with Crippen LogP contribution in [-0.4, -0.2) is 140 Å². The molecule has 1 unspecified atom stereocenters. The molecule has 292 valence electrons. The van der Waals surface area contributed by atoms with Crippen LogP contribution in [0.5, 0.6) is 11.5 Å². The minimum atomic E-state index is -2.00. The quantitative estimate of drug-likeness (QED) is 0.0293. The molecule has 1 aromatic heterocycles. The maximum absolute atomic E-state index is 13.5. The number of nitrogen functional groups attached to an aromatic ring is 1. The van der Waals surface area contributed by atoms with E-state index in [1.807, 2.05) is 0 Å². The average molecular weight is 824 g/mol. The fourth-order valence-corrected chi connectivity index (χ4v) is 8.54. The summed E-state index contributed by atoms with van der Waals surface area (Å²) in [5.41, 5.74) is 5.50. The lowest BCUT2D eigenvalue weighted by Crippen LogP contribution is -2.60. The van der Waals surface area contributed by atoms with Crippen molar-refractivity contribution >= 4 is 93.0 Å². The number of ketones is 2. The van der Waals surface area contributed by atoms with Gasteiger partial charge in [0.2, 0.25) is 28.1 Å². The third-order valence-corrected chi connectivity index (χ3v) is 12.0. The maximum Gasteiger partial charge on any atom is 0.350 e. The third-order valence-electron chi connectivity index (χ3n) is 9.36. The molecule has 1 aliphatic carbocycles. The number of oxime groups is 1. The molecule has 6 rings (SSSR count). The van der Waals surface area contributed by atoms with Crippen LogP contribution in [0.25, 0.3) is 0 Å². The van der Waals surface area contributed by atoms with E-state index in [1.54, 1.807) is 0 Å². The molecule has 1 aromatic carbocycles. The van der Waals surface area contributed by atoms with Gasteiger partial charge in [-0.3, -0.25) is 34.3 Å². The van der Waals surface area contributed by atoms with Crippen LogP contribution in [0.4, 0.5) is 9.93 Å². The van der Waals surface area contributed by atoms with E-state index < -0.39 is 116 Å². The van der Waals surface area contributed by atoms with Crippen molar-refractivity contribution in [2.45, 2.75) is 47.9 Å². The van der Waals surface area contributed by atoms with Gasteiger partial charge in [-0.25, -0.2) is 19.4 Å². The van der Waals surface area contributed by atoms with Crippen molar-refractivity contribution in [3.63, 3.8) is 0 Å². The zero-order valence-corrected chi connectivity index (χ0v) is 30.5. The van der Waals surface area contributed by atoms with Gasteiger partial charge >= 0.3 is 18.0 Å². The van der Waals surface area contributed by atoms with Crippen molar-refractivity contribution in [3.8, 4) is 11.5 Å². The molecule has 0 radical (unpaired) electrons. The number of hydrazine groups is 1. The summed E-state index contributed by atoms with van der Waals surface area (Å²) < 4.78 is 3.97. The summed E-state index contributed by atoms with van der Waals surface area (Å²) in [6.07, 6.45) is -0.0753. The number of nitrogens with one attached hydrogen (secondary N) is 2. The predicted molar refractivity (Wildman–Crippen MR) is 186 cm³/mol. The van der Waals surface area contributed by atoms with Crippen molar-refractivity contribution in [2.75, 3.05) is 31.9 Å². The highest BCUT2D eigenvalue weighted by molar-refractivity contribution is 8.02. The number of anilines is 1. The summed E-state index contributed by atoms with van der Waals surface area (Å²) in [6, 6.07) is 1.08. The molecule has 8 N–H and O–H groups in total. The van der Waals surface area contributed by atoms with Crippen LogP contribution >= 0.6 is 34.9 Å². The standard InChI is InChI=1S/C30H30ClN9O13S2/c31-17-12(2-3-14(41)20(17)45)19(44)22(46)33-7-4-16(43)35-40-9-8-39(28(40)52)30(26(50)51)11-38-23(47)13(24(38)54-30)10-15(42)18(21-34-27(32)55-37-21)36-53-29(25(48)49)5-1-6-29/h2-3,13,24,41,45H,1,4-11H2,(H,33,46)(H,35,43)(H,48,49)(H,50,51)(H2,32,34,37)/b36-18+/t13?,24-,30-/m1/s1. The number of halogens is 1. The average Bonchev–Trinajstić information content (AvgIpc) is 3.82. The SMILES string of the molecule is Nc1nc(/C(=N/OC2(C(=O)O)CCC2)C(=O)CC2C(=O)N3C[C@@](C(=O)O)(N4CCN(NC(=O)CCNC(=O)C(=O)c5ccc(O)c(O)c5Cl)C4=O)S[C@H]23)ns1. The summed E-state index contributed by atoms with van der Waals surface area (Å²) >= 11 is 7.33. The number of phenolic OH excluding ortho intramolecular Hbond substituents is 2. The molecular weight excluding hydrogens is 794 g/mol. The number of nitrogens with zero attached hydrogens (tertiary/aromatic N) is 6. The molecular formula is C30H30ClN9O13S2. The molecule has 55 heavy (non-hydrogen) atoms. The van der Waals surface area contributed by atoms with Gasteiger partial charge in [0.25, 0.3) is 11.7 Å². The van der Waals surface area contributed by atoms with Crippen LogP contribution in [0.2, 0.25) is 5.02 Å². The number of hydrogen-bond acceptors (Lipinski definition) is 17. The first-order valence-electron chi connectivity index (χ1n) is 16.2. The van der Waals surface area contributed by atoms with Crippen LogP contribution in [0.15, 0.2) is 17.3 Å². The Bertz CT molecular complexity index is 2060. The largest absolute Gasteiger partial charge is 0.504 e. The van der Waals surface area contributed by atoms with Crippen LogP contribution in [0, 0.1) is 5.92 Å². The number of carboxylic acids is 2. The van der Waals surface area contributed by atoms with E-state index in [4.69, 9.17) is 22.2 Å². The summed E-state index contributed by atoms with van der Waals surface area (Å²) in [7, 11) is 0. The number of benzene rings is 1. The molecule has 3 saturated heterocycles. The highest BCUT2D eigenvalue weighted by Gasteiger charge is 2.66. The van der Waals surface area contributed by atoms with Gasteiger partial charge in [-0.15, -0.1) is 0 Å². The number of urea groups is 1. The number of carbonyl (C=O) groups excluding carboxylic acids is 6. The van der Waals surface area contributed by atoms with Crippen LogP contribution in [-0.2, 0) is 33.6 Å². The smallest absolute Gasteiger partial charge is 0.350 e. The van der Waals surface area contributed by atoms with Gasteiger partial charge < -0.3 is 41.2 Å². The molecule has 22 nitrogen and oxygen atoms in total. The second-order valence-corrected chi connectivity index (χ2v) is 15.2. The molecule has 5 amide bonds. The van der Waals surface area contributed by atoms with E-state index in [0.717, 1.165) is 45.3 Å². The second kappa shape index (κ2) is 14.8. The summed E-state index contributed by atoms with van der Waals surface area (Å²) in [5.74, 6) is -9.93. The van der Waals surface area contributed by atoms with Gasteiger partial charge in [0.1, 0.15) is 0 Å². The number of carboxylic acid groups (broad SMARTS) is 2. The number of aromatic hydroxyl groups is 2. The lowest BCUT2D eigenvalue weighted by atomic mass is 9.80. The Morgan fingerprint density at radius 2 is 1.82 bits per heavy atom. The predicted octanol–water partition coefficient (Wildman–Crippen LogP) is -0.658. The monoisotopic (exact) mass is 823 g/mol. The molecule has 0 bridgehead atoms. The lowest BCUT2D eigenvalue weighted by Gasteiger charge is -2.41. The number of thioether (sulfide) groups is 1. The first-order chi connectivity index (χ1) is 26.0. The number of carbonyl (C=O) groups is 8. The van der Waals surface area contributed by atoms with Gasteiger partial charge in [0, 0.05) is 50.3 Å².